The Morgan fingerprint density at radius 1 is 0.929 bits per heavy atom. The van der Waals surface area contributed by atoms with E-state index in [0.29, 0.717) is 0 Å². The first kappa shape index (κ1) is 47.1. The normalized spacial score (nSPS) is 3.86. The van der Waals surface area contributed by atoms with E-state index >= 15 is 0 Å². The first-order valence-electron chi connectivity index (χ1n) is 3.55. The van der Waals surface area contributed by atoms with Crippen molar-refractivity contribution >= 4 is 0 Å². The van der Waals surface area contributed by atoms with Gasteiger partial charge < -0.3 is 7.58 Å². The average molecular weight is 230 g/mol. The Morgan fingerprint density at radius 2 is 1.00 bits per heavy atom. The maximum Gasteiger partial charge on any atom is 0 e. The molecule has 0 heterocycles. The largest absolute Gasteiger partial charge is 1.00 e. The van der Waals surface area contributed by atoms with E-state index in [1.165, 1.54) is 0 Å². The average Bonchev–Trinajstić information content (AvgIpc) is 2.08. The van der Waals surface area contributed by atoms with Crippen molar-refractivity contribution in [1.82, 2.24) is 6.15 Å². The van der Waals surface area contributed by atoms with Gasteiger partial charge in [-0.25, -0.2) is 0 Å². The molecule has 3 N–H and O–H groups in total. The molecule has 0 amide bonds. The van der Waals surface area contributed by atoms with Gasteiger partial charge in [-0.05, 0) is 12.8 Å². The molecule has 2 heteroatoms. The van der Waals surface area contributed by atoms with Gasteiger partial charge in [-0.2, -0.15) is 0 Å². The van der Waals surface area contributed by atoms with Crippen LogP contribution in [0, 0.1) is 37.7 Å². The minimum Gasteiger partial charge on any atom is -1.00 e. The van der Waals surface area contributed by atoms with Gasteiger partial charge >= 0.3 is 0 Å². The molecular weight excluding hydrogens is 198 g/mol. The van der Waals surface area contributed by atoms with Crippen LogP contribution in [0.4, 0.5) is 0 Å². The van der Waals surface area contributed by atoms with Crippen LogP contribution in [0.1, 0.15) is 43.0 Å². The van der Waals surface area contributed by atoms with Gasteiger partial charge in [0.05, 0.1) is 0 Å². The predicted octanol–water partition coefficient (Wildman–Crippen LogP) is 5.51. The Bertz CT molecular complexity index is 60.6. The Kier molecular flexibility index (Phi) is 355. The van der Waals surface area contributed by atoms with Gasteiger partial charge in [0.15, 0.2) is 0 Å². The second-order valence-electron chi connectivity index (χ2n) is 1.39. The number of allylic oxidation sites excluding steroid dienone is 2. The summed E-state index contributed by atoms with van der Waals surface area (Å²) >= 11 is 0. The summed E-state index contributed by atoms with van der Waals surface area (Å²) in [6.45, 7) is 17.1. The van der Waals surface area contributed by atoms with Gasteiger partial charge in [0.25, 0.3) is 0 Å². The summed E-state index contributed by atoms with van der Waals surface area (Å²) in [7, 11) is 0. The van der Waals surface area contributed by atoms with Crippen molar-refractivity contribution in [3.8, 4) is 0 Å². The molecule has 0 bridgehead atoms. The fourth-order valence-corrected chi connectivity index (χ4v) is 0. The molecule has 0 aromatic heterocycles. The van der Waals surface area contributed by atoms with Crippen molar-refractivity contribution in [2.45, 2.75) is 41.5 Å². The van der Waals surface area contributed by atoms with Gasteiger partial charge in [0.2, 0.25) is 0 Å². The van der Waals surface area contributed by atoms with Crippen molar-refractivity contribution in [1.29, 1.82) is 0 Å². The van der Waals surface area contributed by atoms with Crippen LogP contribution in [-0.2, 0) is 0 Å². The fraction of sp³-hybridized carbons (Fsp3) is 0.500. The summed E-state index contributed by atoms with van der Waals surface area (Å²) in [4.78, 5) is 0. The maximum atomic E-state index is 3.48. The number of hydrogen-bond donors (Lipinski definition) is 1. The van der Waals surface area contributed by atoms with E-state index in [9.17, 15) is 0 Å². The zero-order chi connectivity index (χ0) is 8.83. The maximum absolute atomic E-state index is 3.48. The standard InChI is InChI=1S/2C4H8.C2H4.2CH4.Ar.H3N.H/c2*1-3-4-2;1-2;;;;;/h2*3H,1,4H2,2H3;1-2H2;2*1H4;;1H3;/q;;;;;;;-1. The Labute approximate surface area is 124 Å². The van der Waals surface area contributed by atoms with Crippen molar-refractivity contribution in [2.75, 3.05) is 0 Å². The first-order chi connectivity index (χ1) is 4.83. The van der Waals surface area contributed by atoms with Crippen molar-refractivity contribution < 1.29 is 39.2 Å². The summed E-state index contributed by atoms with van der Waals surface area (Å²) < 4.78 is 0. The Balaban J connectivity index is -0.00000000726. The third-order valence-electron chi connectivity index (χ3n) is 0.577. The van der Waals surface area contributed by atoms with Crippen LogP contribution in [-0.4, -0.2) is 0 Å². The fourth-order valence-electron chi connectivity index (χ4n) is 0. The quantitative estimate of drug-likeness (QED) is 0.623. The number of rotatable bonds is 2. The zero-order valence-electron chi connectivity index (χ0n) is 9.46. The van der Waals surface area contributed by atoms with Crippen molar-refractivity contribution in [2.24, 2.45) is 0 Å². The molecule has 0 saturated heterocycles. The van der Waals surface area contributed by atoms with Crippen LogP contribution >= 0.6 is 0 Å². The van der Waals surface area contributed by atoms with Crippen LogP contribution in [0.2, 0.25) is 0 Å². The second kappa shape index (κ2) is 106. The molecule has 0 unspecified atom stereocenters. The van der Waals surface area contributed by atoms with Crippen LogP contribution < -0.4 is 6.15 Å². The van der Waals surface area contributed by atoms with Crippen LogP contribution in [0.15, 0.2) is 38.5 Å². The first-order valence-corrected chi connectivity index (χ1v) is 3.55. The van der Waals surface area contributed by atoms with E-state index < -0.39 is 0 Å². The molecule has 0 aliphatic carbocycles. The van der Waals surface area contributed by atoms with E-state index in [-0.39, 0.29) is 60.2 Å². The molecule has 0 aliphatic heterocycles. The summed E-state index contributed by atoms with van der Waals surface area (Å²) in [5.74, 6) is 0. The monoisotopic (exact) mass is 230 g/mol. The second-order valence-corrected chi connectivity index (χ2v) is 1.39. The topological polar surface area (TPSA) is 35.0 Å². The summed E-state index contributed by atoms with van der Waals surface area (Å²) in [6, 6.07) is 0. The van der Waals surface area contributed by atoms with Crippen LogP contribution in [0.5, 0.6) is 0 Å². The molecule has 1 nitrogen and oxygen atoms in total. The molecule has 0 aliphatic rings. The predicted molar refractivity (Wildman–Crippen MR) is 71.8 cm³/mol. The minimum absolute atomic E-state index is 0. The van der Waals surface area contributed by atoms with E-state index in [0.717, 1.165) is 12.8 Å². The van der Waals surface area contributed by atoms with E-state index in [1.807, 2.05) is 12.2 Å². The molecule has 94 valence electrons. The molecular formula is C12H32ArN-. The third-order valence-corrected chi connectivity index (χ3v) is 0.577. The molecule has 0 radical (unpaired) electrons. The number of hydrogen-bond acceptors (Lipinski definition) is 1. The molecule has 0 spiro atoms. The van der Waals surface area contributed by atoms with Gasteiger partial charge in [-0.1, -0.05) is 40.9 Å². The van der Waals surface area contributed by atoms with Gasteiger partial charge in [-0.15, -0.1) is 26.3 Å². The molecule has 0 aromatic rings. The van der Waals surface area contributed by atoms with E-state index in [4.69, 9.17) is 0 Å². The van der Waals surface area contributed by atoms with Crippen molar-refractivity contribution in [3.05, 3.63) is 38.5 Å². The summed E-state index contributed by atoms with van der Waals surface area (Å²) in [6.07, 6.45) is 5.92. The third kappa shape index (κ3) is 273. The van der Waals surface area contributed by atoms with Crippen LogP contribution in [0.3, 0.4) is 0 Å². The SMILES string of the molecule is C.C.C=C.C=CCC.C=CCC.N.[Ar].[H-]. The summed E-state index contributed by atoms with van der Waals surface area (Å²) in [5.41, 5.74) is 0. The van der Waals surface area contributed by atoms with E-state index in [2.05, 4.69) is 40.2 Å². The molecule has 14 heavy (non-hydrogen) atoms. The summed E-state index contributed by atoms with van der Waals surface area (Å²) in [5, 5.41) is 0. The molecule has 0 rings (SSSR count). The zero-order valence-corrected chi connectivity index (χ0v) is 9.17. The van der Waals surface area contributed by atoms with Gasteiger partial charge in [0, 0.05) is 37.7 Å². The molecule has 0 aromatic carbocycles. The Morgan fingerprint density at radius 3 is 1.00 bits per heavy atom. The van der Waals surface area contributed by atoms with Crippen LogP contribution in [0.25, 0.3) is 0 Å². The Hall–Kier alpha value is 0.440. The minimum atomic E-state index is 0. The van der Waals surface area contributed by atoms with Crippen molar-refractivity contribution in [3.63, 3.8) is 0 Å². The van der Waals surface area contributed by atoms with Gasteiger partial charge in [-0.3, -0.25) is 0 Å². The van der Waals surface area contributed by atoms with Gasteiger partial charge in [0.1, 0.15) is 0 Å². The molecule has 0 saturated carbocycles. The molecule has 0 atom stereocenters. The molecule has 0 fully saturated rings. The smallest absolute Gasteiger partial charge is 0 e. The van der Waals surface area contributed by atoms with E-state index in [1.54, 1.807) is 0 Å².